The number of hydrazone groups is 1. The molecule has 2 fully saturated rings. The maximum absolute atomic E-state index is 6.72. The number of halogens is 1. The zero-order chi connectivity index (χ0) is 18.7. The predicted octanol–water partition coefficient (Wildman–Crippen LogP) is 4.52. The van der Waals surface area contributed by atoms with Crippen molar-refractivity contribution in [2.75, 3.05) is 27.2 Å². The lowest BCUT2D eigenvalue weighted by molar-refractivity contribution is -0.639. The fraction of sp³-hybridized carbons (Fsp3) is 0.591. The number of hydrazine groups is 1. The van der Waals surface area contributed by atoms with Gasteiger partial charge in [0.1, 0.15) is 0 Å². The van der Waals surface area contributed by atoms with Crippen molar-refractivity contribution in [3.8, 4) is 0 Å². The zero-order valence-electron chi connectivity index (χ0n) is 16.5. The smallest absolute Gasteiger partial charge is 0.161 e. The maximum atomic E-state index is 6.72. The highest BCUT2D eigenvalue weighted by molar-refractivity contribution is 6.23. The van der Waals surface area contributed by atoms with E-state index in [9.17, 15) is 0 Å². The maximum Gasteiger partial charge on any atom is 0.161 e. The molecule has 1 atom stereocenters. The molecule has 0 aromatic rings. The fourth-order valence-electron chi connectivity index (χ4n) is 3.88. The highest BCUT2D eigenvalue weighted by atomic mass is 35.5. The molecule has 2 aliphatic carbocycles. The molecule has 0 bridgehead atoms. The molecule has 1 unspecified atom stereocenters. The number of rotatable bonds is 5. The molecule has 142 valence electrons. The van der Waals surface area contributed by atoms with Crippen LogP contribution in [-0.4, -0.2) is 59.9 Å². The van der Waals surface area contributed by atoms with Crippen molar-refractivity contribution < 1.29 is 4.68 Å². The van der Waals surface area contributed by atoms with E-state index in [2.05, 4.69) is 43.0 Å². The lowest BCUT2D eigenvalue weighted by Gasteiger charge is -2.40. The SMILES string of the molecule is C=[N+](C)N(C)C=C(C)C1=CC=C(C=C2CCN(C3CCC3)CC2)C(Cl)C1. The number of allylic oxidation sites excluding steroid dienone is 6. The van der Waals surface area contributed by atoms with E-state index >= 15 is 0 Å². The molecule has 1 saturated carbocycles. The average molecular weight is 375 g/mol. The summed E-state index contributed by atoms with van der Waals surface area (Å²) in [5.41, 5.74) is 5.39. The lowest BCUT2D eigenvalue weighted by Crippen LogP contribution is -2.43. The number of alkyl halides is 1. The second kappa shape index (κ2) is 8.58. The molecule has 0 N–H and O–H groups in total. The van der Waals surface area contributed by atoms with Gasteiger partial charge in [0.2, 0.25) is 0 Å². The van der Waals surface area contributed by atoms with Crippen LogP contribution in [0.4, 0.5) is 0 Å². The molecular weight excluding hydrogens is 342 g/mol. The van der Waals surface area contributed by atoms with Gasteiger partial charge in [0.15, 0.2) is 13.8 Å². The molecule has 0 aromatic carbocycles. The van der Waals surface area contributed by atoms with Crippen molar-refractivity contribution in [2.45, 2.75) is 56.9 Å². The molecule has 3 aliphatic rings. The largest absolute Gasteiger partial charge is 0.300 e. The highest BCUT2D eigenvalue weighted by Gasteiger charge is 2.27. The van der Waals surface area contributed by atoms with Gasteiger partial charge in [0.05, 0.1) is 18.6 Å². The first-order valence-corrected chi connectivity index (χ1v) is 10.3. The van der Waals surface area contributed by atoms with Gasteiger partial charge in [-0.1, -0.05) is 30.2 Å². The van der Waals surface area contributed by atoms with Crippen LogP contribution in [0.2, 0.25) is 0 Å². The molecule has 3 nitrogen and oxygen atoms in total. The predicted molar refractivity (Wildman–Crippen MR) is 112 cm³/mol. The van der Waals surface area contributed by atoms with E-state index in [1.165, 1.54) is 61.9 Å². The van der Waals surface area contributed by atoms with Crippen LogP contribution in [0.3, 0.4) is 0 Å². The second-order valence-electron chi connectivity index (χ2n) is 8.00. The fourth-order valence-corrected chi connectivity index (χ4v) is 4.18. The van der Waals surface area contributed by atoms with Crippen LogP contribution >= 0.6 is 11.6 Å². The minimum Gasteiger partial charge on any atom is -0.300 e. The molecule has 1 saturated heterocycles. The topological polar surface area (TPSA) is 9.49 Å². The number of likely N-dealkylation sites (tertiary alicyclic amines) is 1. The third kappa shape index (κ3) is 4.69. The summed E-state index contributed by atoms with van der Waals surface area (Å²) >= 11 is 6.72. The molecule has 26 heavy (non-hydrogen) atoms. The van der Waals surface area contributed by atoms with Gasteiger partial charge in [-0.3, -0.25) is 4.90 Å². The van der Waals surface area contributed by atoms with Gasteiger partial charge in [-0.15, -0.1) is 16.3 Å². The molecule has 1 aliphatic heterocycles. The summed E-state index contributed by atoms with van der Waals surface area (Å²) in [4.78, 5) is 2.69. The summed E-state index contributed by atoms with van der Waals surface area (Å²) in [6.07, 6.45) is 16.5. The first-order chi connectivity index (χ1) is 12.4. The van der Waals surface area contributed by atoms with Crippen LogP contribution in [0.25, 0.3) is 0 Å². The number of hydrogen-bond acceptors (Lipinski definition) is 2. The Bertz CT molecular complexity index is 657. The summed E-state index contributed by atoms with van der Waals surface area (Å²) in [6, 6.07) is 0.877. The Labute approximate surface area is 164 Å². The quantitative estimate of drug-likeness (QED) is 0.303. The van der Waals surface area contributed by atoms with Gasteiger partial charge in [-0.2, -0.15) is 5.01 Å². The van der Waals surface area contributed by atoms with Crippen molar-refractivity contribution in [1.29, 1.82) is 0 Å². The van der Waals surface area contributed by atoms with Crippen LogP contribution in [0.1, 0.15) is 45.4 Å². The molecule has 4 heteroatoms. The van der Waals surface area contributed by atoms with Crippen LogP contribution in [0.5, 0.6) is 0 Å². The van der Waals surface area contributed by atoms with Gasteiger partial charge < -0.3 is 0 Å². The van der Waals surface area contributed by atoms with Gasteiger partial charge in [-0.25, -0.2) is 0 Å². The Morgan fingerprint density at radius 2 is 2.00 bits per heavy atom. The van der Waals surface area contributed by atoms with E-state index in [0.717, 1.165) is 12.5 Å². The molecule has 0 radical (unpaired) electrons. The number of piperidine rings is 1. The second-order valence-corrected chi connectivity index (χ2v) is 8.52. The molecule has 1 heterocycles. The summed E-state index contributed by atoms with van der Waals surface area (Å²) in [6.45, 7) is 8.50. The summed E-state index contributed by atoms with van der Waals surface area (Å²) in [7, 11) is 3.93. The van der Waals surface area contributed by atoms with E-state index in [4.69, 9.17) is 11.6 Å². The van der Waals surface area contributed by atoms with Crippen LogP contribution in [-0.2, 0) is 0 Å². The van der Waals surface area contributed by atoms with Gasteiger partial charge in [0.25, 0.3) is 0 Å². The standard InChI is InChI=1S/C22H33ClN3/c1-17(16-25(4)24(2)3)19-8-9-20(22(23)15-19)14-18-10-12-26(13-11-18)21-6-5-7-21/h8-9,14,16,21-22H,2,5-7,10-13,15H2,1,3-4H3/q+1. The van der Waals surface area contributed by atoms with E-state index in [-0.39, 0.29) is 5.38 Å². The van der Waals surface area contributed by atoms with Crippen molar-refractivity contribution in [1.82, 2.24) is 9.91 Å². The van der Waals surface area contributed by atoms with Crippen molar-refractivity contribution >= 4 is 18.3 Å². The monoisotopic (exact) mass is 374 g/mol. The minimum atomic E-state index is 0.0679. The average Bonchev–Trinajstić information content (AvgIpc) is 2.56. The van der Waals surface area contributed by atoms with Gasteiger partial charge >= 0.3 is 0 Å². The Kier molecular flexibility index (Phi) is 6.42. The Morgan fingerprint density at radius 3 is 2.54 bits per heavy atom. The van der Waals surface area contributed by atoms with Crippen LogP contribution < -0.4 is 0 Å². The minimum absolute atomic E-state index is 0.0679. The normalized spacial score (nSPS) is 25.3. The summed E-state index contributed by atoms with van der Waals surface area (Å²) < 4.78 is 1.81. The molecule has 0 aromatic heterocycles. The van der Waals surface area contributed by atoms with Crippen molar-refractivity contribution in [2.24, 2.45) is 0 Å². The summed E-state index contributed by atoms with van der Waals surface area (Å²) in [5.74, 6) is 0. The Morgan fingerprint density at radius 1 is 1.31 bits per heavy atom. The number of hydrogen-bond donors (Lipinski definition) is 0. The third-order valence-electron chi connectivity index (χ3n) is 6.07. The van der Waals surface area contributed by atoms with E-state index in [1.54, 1.807) is 5.57 Å². The summed E-state index contributed by atoms with van der Waals surface area (Å²) in [5, 5.41) is 2.05. The molecule has 0 amide bonds. The van der Waals surface area contributed by atoms with Gasteiger partial charge in [-0.05, 0) is 55.7 Å². The van der Waals surface area contributed by atoms with Crippen molar-refractivity contribution in [3.63, 3.8) is 0 Å². The number of nitrogens with zero attached hydrogens (tertiary/aromatic N) is 3. The van der Waals surface area contributed by atoms with Crippen molar-refractivity contribution in [3.05, 3.63) is 46.7 Å². The Hall–Kier alpha value is -1.32. The van der Waals surface area contributed by atoms with E-state index in [1.807, 2.05) is 23.8 Å². The molecule has 0 spiro atoms. The molecular formula is C22H33ClN3+. The lowest BCUT2D eigenvalue weighted by atomic mass is 9.88. The first kappa shape index (κ1) is 19.4. The van der Waals surface area contributed by atoms with Crippen LogP contribution in [0, 0.1) is 0 Å². The highest BCUT2D eigenvalue weighted by Crippen LogP contribution is 2.32. The van der Waals surface area contributed by atoms with Gasteiger partial charge in [0, 0.05) is 19.1 Å². The first-order valence-electron chi connectivity index (χ1n) is 9.88. The van der Waals surface area contributed by atoms with Crippen LogP contribution in [0.15, 0.2) is 46.7 Å². The van der Waals surface area contributed by atoms with E-state index in [0.29, 0.717) is 0 Å². The third-order valence-corrected chi connectivity index (χ3v) is 6.47. The Balaban J connectivity index is 1.63. The molecule has 3 rings (SSSR count). The zero-order valence-corrected chi connectivity index (χ0v) is 17.3. The van der Waals surface area contributed by atoms with E-state index < -0.39 is 0 Å².